The van der Waals surface area contributed by atoms with Gasteiger partial charge in [-0.2, -0.15) is 0 Å². The maximum Gasteiger partial charge on any atom is 0.357 e. The molecular weight excluding hydrogens is 330 g/mol. The molecule has 2 heterocycles. The van der Waals surface area contributed by atoms with Gasteiger partial charge in [-0.25, -0.2) is 9.78 Å². The summed E-state index contributed by atoms with van der Waals surface area (Å²) in [4.78, 5) is 17.7. The van der Waals surface area contributed by atoms with Crippen LogP contribution in [0.4, 0.5) is 0 Å². The molecule has 2 aromatic heterocycles. The summed E-state index contributed by atoms with van der Waals surface area (Å²) in [6, 6.07) is 19.0. The first-order valence-corrected chi connectivity index (χ1v) is 8.17. The molecular formula is C18H10ClNO2S. The predicted octanol–water partition coefficient (Wildman–Crippen LogP) is 5.24. The molecule has 0 radical (unpaired) electrons. The lowest BCUT2D eigenvalue weighted by molar-refractivity contribution is 0.519. The molecule has 23 heavy (non-hydrogen) atoms. The number of benzene rings is 2. The molecule has 0 N–H and O–H groups in total. The minimum Gasteiger partial charge on any atom is -0.402 e. The van der Waals surface area contributed by atoms with Crippen molar-refractivity contribution in [2.75, 3.05) is 0 Å². The maximum absolute atomic E-state index is 12.3. The van der Waals surface area contributed by atoms with Gasteiger partial charge in [0.25, 0.3) is 0 Å². The van der Waals surface area contributed by atoms with Gasteiger partial charge in [-0.1, -0.05) is 54.1 Å². The van der Waals surface area contributed by atoms with Crippen LogP contribution in [0.15, 0.2) is 69.9 Å². The smallest absolute Gasteiger partial charge is 0.357 e. The number of thiophene rings is 1. The fourth-order valence-electron chi connectivity index (χ4n) is 2.37. The van der Waals surface area contributed by atoms with E-state index in [1.807, 2.05) is 48.5 Å². The Morgan fingerprint density at radius 3 is 2.52 bits per heavy atom. The summed E-state index contributed by atoms with van der Waals surface area (Å²) >= 11 is 7.55. The van der Waals surface area contributed by atoms with E-state index in [2.05, 4.69) is 4.98 Å². The molecule has 0 amide bonds. The summed E-state index contributed by atoms with van der Waals surface area (Å²) in [7, 11) is 0. The summed E-state index contributed by atoms with van der Waals surface area (Å²) < 4.78 is 5.88. The lowest BCUT2D eigenvalue weighted by atomic mass is 10.2. The van der Waals surface area contributed by atoms with Crippen LogP contribution < -0.4 is 5.63 Å². The molecule has 0 atom stereocenters. The Labute approximate surface area is 140 Å². The van der Waals surface area contributed by atoms with Gasteiger partial charge in [0, 0.05) is 4.88 Å². The number of halogens is 1. The summed E-state index contributed by atoms with van der Waals surface area (Å²) in [5, 5.41) is 0.501. The van der Waals surface area contributed by atoms with Crippen molar-refractivity contribution in [1.29, 1.82) is 0 Å². The van der Waals surface area contributed by atoms with Gasteiger partial charge in [0.2, 0.25) is 5.89 Å². The molecule has 5 heteroatoms. The lowest BCUT2D eigenvalue weighted by Crippen LogP contribution is -2.00. The third-order valence-corrected chi connectivity index (χ3v) is 4.95. The van der Waals surface area contributed by atoms with Crippen LogP contribution in [0.2, 0.25) is 5.02 Å². The first-order chi connectivity index (χ1) is 11.2. The fourth-order valence-corrected chi connectivity index (χ4v) is 3.57. The zero-order valence-electron chi connectivity index (χ0n) is 11.8. The van der Waals surface area contributed by atoms with Crippen molar-refractivity contribution in [3.05, 3.63) is 76.1 Å². The van der Waals surface area contributed by atoms with Gasteiger partial charge < -0.3 is 4.42 Å². The molecule has 4 rings (SSSR count). The normalized spacial score (nSPS) is 11.0. The maximum atomic E-state index is 12.3. The van der Waals surface area contributed by atoms with Gasteiger partial charge >= 0.3 is 5.63 Å². The summed E-state index contributed by atoms with van der Waals surface area (Å²) in [5.74, 6) is 0.241. The highest BCUT2D eigenvalue weighted by Crippen LogP contribution is 2.33. The molecule has 0 aliphatic heterocycles. The molecule has 0 aliphatic carbocycles. The van der Waals surface area contributed by atoms with Gasteiger partial charge in [-0.15, -0.1) is 11.3 Å². The lowest BCUT2D eigenvalue weighted by Gasteiger charge is -2.01. The van der Waals surface area contributed by atoms with E-state index in [9.17, 15) is 4.79 Å². The number of rotatable bonds is 2. The zero-order chi connectivity index (χ0) is 15.8. The Morgan fingerprint density at radius 2 is 1.74 bits per heavy atom. The Kier molecular flexibility index (Phi) is 3.48. The number of hydrogen-bond acceptors (Lipinski definition) is 4. The standard InChI is InChI=1S/C18H10ClNO2S/c19-13-9-5-4-8-12(13)17-20-14-10-15(11-6-2-1-3-7-11)23-16(14)18(21)22-17/h1-10H. The second-order valence-corrected chi connectivity index (χ2v) is 6.44. The summed E-state index contributed by atoms with van der Waals surface area (Å²) in [6.07, 6.45) is 0. The highest BCUT2D eigenvalue weighted by molar-refractivity contribution is 7.22. The van der Waals surface area contributed by atoms with Crippen molar-refractivity contribution in [2.24, 2.45) is 0 Å². The number of nitrogens with zero attached hydrogens (tertiary/aromatic N) is 1. The number of fused-ring (bicyclic) bond motifs is 1. The van der Waals surface area contributed by atoms with E-state index in [0.717, 1.165) is 10.4 Å². The second kappa shape index (κ2) is 5.65. The van der Waals surface area contributed by atoms with E-state index in [1.165, 1.54) is 11.3 Å². The van der Waals surface area contributed by atoms with Crippen molar-refractivity contribution in [3.63, 3.8) is 0 Å². The topological polar surface area (TPSA) is 43.1 Å². The van der Waals surface area contributed by atoms with Crippen molar-refractivity contribution in [2.45, 2.75) is 0 Å². The van der Waals surface area contributed by atoms with Crippen LogP contribution in [0.25, 0.3) is 32.1 Å². The van der Waals surface area contributed by atoms with Crippen molar-refractivity contribution >= 4 is 33.2 Å². The SMILES string of the molecule is O=c1oc(-c2ccccc2Cl)nc2cc(-c3ccccc3)sc12. The van der Waals surface area contributed by atoms with Gasteiger partial charge in [0.1, 0.15) is 4.70 Å². The molecule has 3 nitrogen and oxygen atoms in total. The Morgan fingerprint density at radius 1 is 1.00 bits per heavy atom. The van der Waals surface area contributed by atoms with E-state index in [0.29, 0.717) is 20.8 Å². The highest BCUT2D eigenvalue weighted by atomic mass is 35.5. The van der Waals surface area contributed by atoms with E-state index in [4.69, 9.17) is 16.0 Å². The van der Waals surface area contributed by atoms with Crippen LogP contribution in [0.1, 0.15) is 0 Å². The van der Waals surface area contributed by atoms with Crippen molar-refractivity contribution in [3.8, 4) is 21.9 Å². The summed E-state index contributed by atoms with van der Waals surface area (Å²) in [5.41, 5.74) is 1.90. The van der Waals surface area contributed by atoms with E-state index >= 15 is 0 Å². The fraction of sp³-hybridized carbons (Fsp3) is 0. The van der Waals surface area contributed by atoms with Crippen molar-refractivity contribution in [1.82, 2.24) is 4.98 Å². The van der Waals surface area contributed by atoms with Gasteiger partial charge in [-0.05, 0) is 23.8 Å². The largest absolute Gasteiger partial charge is 0.402 e. The highest BCUT2D eigenvalue weighted by Gasteiger charge is 2.14. The molecule has 4 aromatic rings. The third kappa shape index (κ3) is 2.56. The monoisotopic (exact) mass is 339 g/mol. The van der Waals surface area contributed by atoms with Crippen LogP contribution in [0.5, 0.6) is 0 Å². The van der Waals surface area contributed by atoms with Crippen LogP contribution in [-0.4, -0.2) is 4.98 Å². The van der Waals surface area contributed by atoms with E-state index in [1.54, 1.807) is 12.1 Å². The number of hydrogen-bond donors (Lipinski definition) is 0. The number of aromatic nitrogens is 1. The molecule has 0 fully saturated rings. The minimum absolute atomic E-state index is 0.241. The third-order valence-electron chi connectivity index (χ3n) is 3.47. The zero-order valence-corrected chi connectivity index (χ0v) is 13.4. The summed E-state index contributed by atoms with van der Waals surface area (Å²) in [6.45, 7) is 0. The average Bonchev–Trinajstić information content (AvgIpc) is 3.01. The first kappa shape index (κ1) is 14.2. The molecule has 0 aliphatic rings. The molecule has 2 aromatic carbocycles. The Balaban J connectivity index is 1.92. The molecule has 0 saturated carbocycles. The molecule has 0 bridgehead atoms. The quantitative estimate of drug-likeness (QED) is 0.501. The predicted molar refractivity (Wildman–Crippen MR) is 94.0 cm³/mol. The van der Waals surface area contributed by atoms with E-state index in [-0.39, 0.29) is 5.89 Å². The van der Waals surface area contributed by atoms with Gasteiger partial charge in [0.05, 0.1) is 16.1 Å². The molecule has 0 saturated heterocycles. The Hall–Kier alpha value is -2.43. The molecule has 112 valence electrons. The molecule has 0 spiro atoms. The van der Waals surface area contributed by atoms with Crippen LogP contribution >= 0.6 is 22.9 Å². The first-order valence-electron chi connectivity index (χ1n) is 6.97. The minimum atomic E-state index is -0.392. The Bertz CT molecular complexity index is 1050. The van der Waals surface area contributed by atoms with E-state index < -0.39 is 5.63 Å². The van der Waals surface area contributed by atoms with Crippen molar-refractivity contribution < 1.29 is 4.42 Å². The van der Waals surface area contributed by atoms with Crippen LogP contribution in [0, 0.1) is 0 Å². The van der Waals surface area contributed by atoms with Gasteiger partial charge in [0.15, 0.2) is 0 Å². The second-order valence-electron chi connectivity index (χ2n) is 4.98. The van der Waals surface area contributed by atoms with Gasteiger partial charge in [-0.3, -0.25) is 0 Å². The van der Waals surface area contributed by atoms with Crippen LogP contribution in [-0.2, 0) is 0 Å². The molecule has 0 unspecified atom stereocenters. The average molecular weight is 340 g/mol. The van der Waals surface area contributed by atoms with Crippen LogP contribution in [0.3, 0.4) is 0 Å².